The van der Waals surface area contributed by atoms with E-state index in [0.717, 1.165) is 11.1 Å². The van der Waals surface area contributed by atoms with Crippen molar-refractivity contribution in [2.45, 2.75) is 32.7 Å². The minimum atomic E-state index is -0.769. The van der Waals surface area contributed by atoms with Crippen molar-refractivity contribution in [2.75, 3.05) is 13.6 Å². The Kier molecular flexibility index (Phi) is 5.16. The third-order valence-corrected chi connectivity index (χ3v) is 3.20. The Bertz CT molecular complexity index is 418. The van der Waals surface area contributed by atoms with E-state index in [9.17, 15) is 9.90 Å². The lowest BCUT2D eigenvalue weighted by atomic mass is 10.0. The van der Waals surface area contributed by atoms with Crippen molar-refractivity contribution in [2.24, 2.45) is 0 Å². The Balaban J connectivity index is 2.64. The minimum Gasteiger partial charge on any atom is -0.508 e. The highest BCUT2D eigenvalue weighted by atomic mass is 16.4. The van der Waals surface area contributed by atoms with E-state index in [1.807, 2.05) is 33.0 Å². The molecule has 4 nitrogen and oxygen atoms in total. The zero-order valence-corrected chi connectivity index (χ0v) is 11.2. The largest absolute Gasteiger partial charge is 0.508 e. The van der Waals surface area contributed by atoms with Crippen LogP contribution in [0, 0.1) is 6.92 Å². The molecule has 1 unspecified atom stereocenters. The summed E-state index contributed by atoms with van der Waals surface area (Å²) < 4.78 is 0. The Hall–Kier alpha value is -1.55. The quantitative estimate of drug-likeness (QED) is 0.815. The molecular formula is C14H21NO3. The Morgan fingerprint density at radius 1 is 1.44 bits per heavy atom. The molecule has 0 saturated carbocycles. The summed E-state index contributed by atoms with van der Waals surface area (Å²) in [5.41, 5.74) is 1.99. The predicted octanol–water partition coefficient (Wildman–Crippen LogP) is 2.56. The van der Waals surface area contributed by atoms with E-state index >= 15 is 0 Å². The minimum absolute atomic E-state index is 0.0682. The molecule has 100 valence electrons. The van der Waals surface area contributed by atoms with Gasteiger partial charge in [-0.25, -0.2) is 0 Å². The number of carbonyl (C=O) groups is 1. The molecule has 0 aromatic heterocycles. The Morgan fingerprint density at radius 3 is 2.72 bits per heavy atom. The van der Waals surface area contributed by atoms with Crippen LogP contribution in [0.1, 0.15) is 36.9 Å². The van der Waals surface area contributed by atoms with Gasteiger partial charge in [0, 0.05) is 18.0 Å². The highest BCUT2D eigenvalue weighted by molar-refractivity contribution is 5.66. The summed E-state index contributed by atoms with van der Waals surface area (Å²) in [6.45, 7) is 4.69. The maximum absolute atomic E-state index is 10.5. The van der Waals surface area contributed by atoms with Gasteiger partial charge in [-0.05, 0) is 39.9 Å². The summed E-state index contributed by atoms with van der Waals surface area (Å²) in [4.78, 5) is 12.5. The van der Waals surface area contributed by atoms with Crippen LogP contribution >= 0.6 is 0 Å². The molecule has 0 aliphatic rings. The zero-order valence-electron chi connectivity index (χ0n) is 11.2. The second-order valence-electron chi connectivity index (χ2n) is 4.72. The number of rotatable bonds is 6. The standard InChI is InChI=1S/C14H21NO3/c1-10-6-7-13(16)12(9-10)11(2)15(3)8-4-5-14(17)18/h6-7,9,11,16H,4-5,8H2,1-3H3,(H,17,18). The monoisotopic (exact) mass is 251 g/mol. The van der Waals surface area contributed by atoms with E-state index in [0.29, 0.717) is 13.0 Å². The molecule has 0 bridgehead atoms. The maximum atomic E-state index is 10.5. The molecule has 0 spiro atoms. The Labute approximate surface area is 108 Å². The van der Waals surface area contributed by atoms with E-state index in [4.69, 9.17) is 5.11 Å². The number of phenolic OH excluding ortho intramolecular Hbond substituents is 1. The van der Waals surface area contributed by atoms with E-state index in [1.54, 1.807) is 6.07 Å². The van der Waals surface area contributed by atoms with Gasteiger partial charge in [-0.1, -0.05) is 17.7 Å². The lowest BCUT2D eigenvalue weighted by Crippen LogP contribution is -2.24. The molecule has 1 aromatic rings. The van der Waals surface area contributed by atoms with Gasteiger partial charge in [0.05, 0.1) is 0 Å². The number of aliphatic carboxylic acids is 1. The van der Waals surface area contributed by atoms with Gasteiger partial charge in [0.15, 0.2) is 0 Å². The fraction of sp³-hybridized carbons (Fsp3) is 0.500. The van der Waals surface area contributed by atoms with E-state index in [-0.39, 0.29) is 18.2 Å². The van der Waals surface area contributed by atoms with Crippen LogP contribution in [0.4, 0.5) is 0 Å². The van der Waals surface area contributed by atoms with Crippen molar-refractivity contribution in [3.8, 4) is 5.75 Å². The van der Waals surface area contributed by atoms with Crippen molar-refractivity contribution in [1.82, 2.24) is 4.90 Å². The molecule has 1 aromatic carbocycles. The summed E-state index contributed by atoms with van der Waals surface area (Å²) in [6, 6.07) is 5.61. The fourth-order valence-corrected chi connectivity index (χ4v) is 1.92. The molecule has 0 fully saturated rings. The number of aryl methyl sites for hydroxylation is 1. The summed E-state index contributed by atoms with van der Waals surface area (Å²) >= 11 is 0. The van der Waals surface area contributed by atoms with Crippen LogP contribution in [0.2, 0.25) is 0 Å². The van der Waals surface area contributed by atoms with E-state index in [2.05, 4.69) is 4.90 Å². The molecule has 0 heterocycles. The number of carboxylic acids is 1. The number of hydrogen-bond donors (Lipinski definition) is 2. The van der Waals surface area contributed by atoms with E-state index < -0.39 is 5.97 Å². The lowest BCUT2D eigenvalue weighted by Gasteiger charge is -2.25. The van der Waals surface area contributed by atoms with Gasteiger partial charge in [0.25, 0.3) is 0 Å². The fourth-order valence-electron chi connectivity index (χ4n) is 1.92. The van der Waals surface area contributed by atoms with Crippen molar-refractivity contribution in [3.05, 3.63) is 29.3 Å². The number of carboxylic acid groups (broad SMARTS) is 1. The molecule has 0 aliphatic carbocycles. The van der Waals surface area contributed by atoms with Gasteiger partial charge in [-0.3, -0.25) is 9.69 Å². The lowest BCUT2D eigenvalue weighted by molar-refractivity contribution is -0.137. The van der Waals surface area contributed by atoms with Crippen LogP contribution in [0.25, 0.3) is 0 Å². The summed E-state index contributed by atoms with van der Waals surface area (Å²) in [5.74, 6) is -0.479. The molecule has 0 aliphatic heterocycles. The van der Waals surface area contributed by atoms with Gasteiger partial charge in [-0.2, -0.15) is 0 Å². The van der Waals surface area contributed by atoms with Gasteiger partial charge in [-0.15, -0.1) is 0 Å². The van der Waals surface area contributed by atoms with Crippen LogP contribution in [0.15, 0.2) is 18.2 Å². The second kappa shape index (κ2) is 6.40. The van der Waals surface area contributed by atoms with E-state index in [1.165, 1.54) is 0 Å². The topological polar surface area (TPSA) is 60.8 Å². The van der Waals surface area contributed by atoms with Crippen LogP contribution in [0.3, 0.4) is 0 Å². The molecule has 2 N–H and O–H groups in total. The third-order valence-electron chi connectivity index (χ3n) is 3.20. The summed E-state index contributed by atoms with van der Waals surface area (Å²) in [5, 5.41) is 18.5. The first kappa shape index (κ1) is 14.5. The first-order chi connectivity index (χ1) is 8.41. The van der Waals surface area contributed by atoms with Crippen LogP contribution < -0.4 is 0 Å². The number of phenols is 1. The summed E-state index contributed by atoms with van der Waals surface area (Å²) in [6.07, 6.45) is 0.791. The molecule has 1 atom stereocenters. The predicted molar refractivity (Wildman–Crippen MR) is 70.8 cm³/mol. The normalized spacial score (nSPS) is 12.7. The van der Waals surface area contributed by atoms with Gasteiger partial charge in [0.2, 0.25) is 0 Å². The molecule has 0 saturated heterocycles. The molecule has 18 heavy (non-hydrogen) atoms. The van der Waals surface area contributed by atoms with Crippen molar-refractivity contribution < 1.29 is 15.0 Å². The van der Waals surface area contributed by atoms with Gasteiger partial charge >= 0.3 is 5.97 Å². The van der Waals surface area contributed by atoms with Gasteiger partial charge < -0.3 is 10.2 Å². The van der Waals surface area contributed by atoms with Gasteiger partial charge in [0.1, 0.15) is 5.75 Å². The molecular weight excluding hydrogens is 230 g/mol. The van der Waals surface area contributed by atoms with Crippen molar-refractivity contribution >= 4 is 5.97 Å². The Morgan fingerprint density at radius 2 is 2.11 bits per heavy atom. The highest BCUT2D eigenvalue weighted by Gasteiger charge is 2.15. The highest BCUT2D eigenvalue weighted by Crippen LogP contribution is 2.28. The van der Waals surface area contributed by atoms with Crippen LogP contribution in [-0.2, 0) is 4.79 Å². The first-order valence-corrected chi connectivity index (χ1v) is 6.13. The average Bonchev–Trinajstić information content (AvgIpc) is 2.30. The SMILES string of the molecule is Cc1ccc(O)c(C(C)N(C)CCCC(=O)O)c1. The number of hydrogen-bond acceptors (Lipinski definition) is 3. The second-order valence-corrected chi connectivity index (χ2v) is 4.72. The molecule has 0 radical (unpaired) electrons. The van der Waals surface area contributed by atoms with Crippen LogP contribution in [0.5, 0.6) is 5.75 Å². The smallest absolute Gasteiger partial charge is 0.303 e. The molecule has 1 rings (SSSR count). The number of aromatic hydroxyl groups is 1. The van der Waals surface area contributed by atoms with Crippen molar-refractivity contribution in [3.63, 3.8) is 0 Å². The molecule has 0 amide bonds. The van der Waals surface area contributed by atoms with Crippen molar-refractivity contribution in [1.29, 1.82) is 0 Å². The summed E-state index contributed by atoms with van der Waals surface area (Å²) in [7, 11) is 1.94. The third kappa shape index (κ3) is 4.04. The zero-order chi connectivity index (χ0) is 13.7. The number of benzene rings is 1. The van der Waals surface area contributed by atoms with Crippen LogP contribution in [-0.4, -0.2) is 34.7 Å². The maximum Gasteiger partial charge on any atom is 0.303 e. The number of nitrogens with zero attached hydrogens (tertiary/aromatic N) is 1. The first-order valence-electron chi connectivity index (χ1n) is 6.13. The molecule has 4 heteroatoms. The average molecular weight is 251 g/mol.